The molecule has 0 aliphatic carbocycles. The normalized spacial score (nSPS) is 18.8. The number of amides is 3. The molecule has 100 valence electrons. The fraction of sp³-hybridized carbons (Fsp3) is 0.250. The van der Waals surface area contributed by atoms with E-state index in [1.54, 1.807) is 0 Å². The number of hydrogen-bond acceptors (Lipinski definition) is 5. The molecule has 7 nitrogen and oxygen atoms in total. The van der Waals surface area contributed by atoms with Crippen LogP contribution in [0.1, 0.15) is 23.2 Å². The number of piperidine rings is 1. The summed E-state index contributed by atoms with van der Waals surface area (Å²) in [5.41, 5.74) is 5.55. The molecule has 0 aromatic heterocycles. The number of nitrogens with one attached hydrogen (secondary N) is 2. The maximum absolute atomic E-state index is 11.9. The SMILES string of the molecule is Nc1cccc(C(=O)NC2CCC(=O)NC2=O)c1O. The quantitative estimate of drug-likeness (QED) is 0.326. The third kappa shape index (κ3) is 2.65. The predicted molar refractivity (Wildman–Crippen MR) is 66.2 cm³/mol. The smallest absolute Gasteiger partial charge is 0.255 e. The molecule has 1 aromatic carbocycles. The highest BCUT2D eigenvalue weighted by Gasteiger charge is 2.28. The summed E-state index contributed by atoms with van der Waals surface area (Å²) in [5.74, 6) is -1.85. The number of benzene rings is 1. The Morgan fingerprint density at radius 2 is 2.16 bits per heavy atom. The van der Waals surface area contributed by atoms with Crippen molar-refractivity contribution in [3.8, 4) is 5.75 Å². The Hall–Kier alpha value is -2.57. The van der Waals surface area contributed by atoms with Crippen LogP contribution in [0.3, 0.4) is 0 Å². The summed E-state index contributed by atoms with van der Waals surface area (Å²) in [5, 5.41) is 14.3. The van der Waals surface area contributed by atoms with Gasteiger partial charge in [0.05, 0.1) is 11.3 Å². The highest BCUT2D eigenvalue weighted by Crippen LogP contribution is 2.24. The van der Waals surface area contributed by atoms with E-state index in [0.717, 1.165) is 0 Å². The number of carbonyl (C=O) groups is 3. The molecule has 19 heavy (non-hydrogen) atoms. The van der Waals surface area contributed by atoms with E-state index in [0.29, 0.717) is 0 Å². The van der Waals surface area contributed by atoms with E-state index in [-0.39, 0.29) is 35.7 Å². The molecule has 0 radical (unpaired) electrons. The molecule has 2 rings (SSSR count). The third-order valence-corrected chi connectivity index (χ3v) is 2.86. The maximum Gasteiger partial charge on any atom is 0.255 e. The number of nitrogen functional groups attached to an aromatic ring is 1. The van der Waals surface area contributed by atoms with Gasteiger partial charge in [0, 0.05) is 6.42 Å². The number of hydrogen-bond donors (Lipinski definition) is 4. The van der Waals surface area contributed by atoms with Crippen LogP contribution in [-0.2, 0) is 9.59 Å². The minimum absolute atomic E-state index is 0.00954. The van der Waals surface area contributed by atoms with E-state index in [4.69, 9.17) is 5.73 Å². The van der Waals surface area contributed by atoms with Gasteiger partial charge in [-0.25, -0.2) is 0 Å². The first-order chi connectivity index (χ1) is 8.99. The van der Waals surface area contributed by atoms with Crippen molar-refractivity contribution in [3.05, 3.63) is 23.8 Å². The summed E-state index contributed by atoms with van der Waals surface area (Å²) in [6.45, 7) is 0. The van der Waals surface area contributed by atoms with Crippen LogP contribution in [0.2, 0.25) is 0 Å². The van der Waals surface area contributed by atoms with Crippen LogP contribution in [0.5, 0.6) is 5.75 Å². The fourth-order valence-electron chi connectivity index (χ4n) is 1.81. The van der Waals surface area contributed by atoms with E-state index in [1.165, 1.54) is 18.2 Å². The lowest BCUT2D eigenvalue weighted by molar-refractivity contribution is -0.134. The van der Waals surface area contributed by atoms with E-state index < -0.39 is 17.9 Å². The summed E-state index contributed by atoms with van der Waals surface area (Å²) >= 11 is 0. The number of aromatic hydroxyl groups is 1. The molecule has 3 amide bonds. The van der Waals surface area contributed by atoms with Gasteiger partial charge in [-0.05, 0) is 18.6 Å². The van der Waals surface area contributed by atoms with Crippen LogP contribution in [0.4, 0.5) is 5.69 Å². The summed E-state index contributed by atoms with van der Waals surface area (Å²) in [6.07, 6.45) is 0.402. The Labute approximate surface area is 108 Å². The largest absolute Gasteiger partial charge is 0.505 e. The van der Waals surface area contributed by atoms with Crippen LogP contribution in [0.15, 0.2) is 18.2 Å². The number of rotatable bonds is 2. The Morgan fingerprint density at radius 3 is 2.84 bits per heavy atom. The molecule has 1 aliphatic rings. The van der Waals surface area contributed by atoms with Crippen molar-refractivity contribution >= 4 is 23.4 Å². The van der Waals surface area contributed by atoms with Gasteiger partial charge in [-0.1, -0.05) is 6.07 Å². The fourth-order valence-corrected chi connectivity index (χ4v) is 1.81. The predicted octanol–water partition coefficient (Wildman–Crippen LogP) is -0.491. The zero-order valence-corrected chi connectivity index (χ0v) is 9.97. The van der Waals surface area contributed by atoms with E-state index >= 15 is 0 Å². The Kier molecular flexibility index (Phi) is 3.37. The van der Waals surface area contributed by atoms with Crippen LogP contribution < -0.4 is 16.4 Å². The van der Waals surface area contributed by atoms with Gasteiger partial charge in [-0.2, -0.15) is 0 Å². The van der Waals surface area contributed by atoms with Crippen molar-refractivity contribution < 1.29 is 19.5 Å². The first-order valence-corrected chi connectivity index (χ1v) is 5.71. The molecular weight excluding hydrogens is 250 g/mol. The Bertz CT molecular complexity index is 556. The van der Waals surface area contributed by atoms with E-state index in [1.807, 2.05) is 0 Å². The minimum atomic E-state index is -0.786. The average molecular weight is 263 g/mol. The molecule has 0 saturated carbocycles. The first kappa shape index (κ1) is 12.9. The highest BCUT2D eigenvalue weighted by molar-refractivity contribution is 6.04. The summed E-state index contributed by atoms with van der Waals surface area (Å²) < 4.78 is 0. The molecule has 1 fully saturated rings. The van der Waals surface area contributed by atoms with Crippen molar-refractivity contribution in [2.24, 2.45) is 0 Å². The van der Waals surface area contributed by atoms with Gasteiger partial charge in [0.15, 0.2) is 5.75 Å². The highest BCUT2D eigenvalue weighted by atomic mass is 16.3. The Balaban J connectivity index is 2.11. The number of para-hydroxylation sites is 1. The maximum atomic E-state index is 11.9. The number of carbonyl (C=O) groups excluding carboxylic acids is 3. The third-order valence-electron chi connectivity index (χ3n) is 2.86. The molecule has 1 heterocycles. The molecule has 1 aromatic rings. The molecule has 7 heteroatoms. The second-order valence-corrected chi connectivity index (χ2v) is 4.22. The van der Waals surface area contributed by atoms with Gasteiger partial charge >= 0.3 is 0 Å². The van der Waals surface area contributed by atoms with Gasteiger partial charge in [0.1, 0.15) is 6.04 Å². The topological polar surface area (TPSA) is 122 Å². The lowest BCUT2D eigenvalue weighted by Crippen LogP contribution is -2.52. The molecule has 0 bridgehead atoms. The van der Waals surface area contributed by atoms with Crippen LogP contribution >= 0.6 is 0 Å². The van der Waals surface area contributed by atoms with Crippen molar-refractivity contribution in [1.29, 1.82) is 0 Å². The van der Waals surface area contributed by atoms with E-state index in [9.17, 15) is 19.5 Å². The summed E-state index contributed by atoms with van der Waals surface area (Å²) in [4.78, 5) is 34.4. The van der Waals surface area contributed by atoms with Crippen molar-refractivity contribution in [2.75, 3.05) is 5.73 Å². The van der Waals surface area contributed by atoms with Crippen molar-refractivity contribution in [2.45, 2.75) is 18.9 Å². The zero-order valence-electron chi connectivity index (χ0n) is 9.97. The van der Waals surface area contributed by atoms with Crippen LogP contribution in [0, 0.1) is 0 Å². The number of phenolic OH excluding ortho intramolecular Hbond substituents is 1. The summed E-state index contributed by atoms with van der Waals surface area (Å²) in [7, 11) is 0. The average Bonchev–Trinajstić information content (AvgIpc) is 2.36. The van der Waals surface area contributed by atoms with Crippen molar-refractivity contribution in [1.82, 2.24) is 10.6 Å². The number of nitrogens with two attached hydrogens (primary N) is 1. The van der Waals surface area contributed by atoms with Crippen LogP contribution in [0.25, 0.3) is 0 Å². The molecule has 1 aliphatic heterocycles. The second kappa shape index (κ2) is 4.97. The lowest BCUT2D eigenvalue weighted by atomic mass is 10.1. The molecule has 1 saturated heterocycles. The van der Waals surface area contributed by atoms with Gasteiger partial charge in [-0.3, -0.25) is 19.7 Å². The standard InChI is InChI=1S/C12H13N3O4/c13-7-3-1-2-6(10(7)17)11(18)14-8-4-5-9(16)15-12(8)19/h1-3,8,17H,4-5,13H2,(H,14,18)(H,15,16,19). The Morgan fingerprint density at radius 1 is 1.42 bits per heavy atom. The summed E-state index contributed by atoms with van der Waals surface area (Å²) in [6, 6.07) is 3.59. The van der Waals surface area contributed by atoms with Crippen molar-refractivity contribution in [3.63, 3.8) is 0 Å². The molecule has 0 spiro atoms. The lowest BCUT2D eigenvalue weighted by Gasteiger charge is -2.22. The molecule has 1 atom stereocenters. The number of imide groups is 1. The van der Waals surface area contributed by atoms with Gasteiger partial charge in [0.25, 0.3) is 5.91 Å². The molecular formula is C12H13N3O4. The van der Waals surface area contributed by atoms with Crippen LogP contribution in [-0.4, -0.2) is 28.9 Å². The number of phenols is 1. The van der Waals surface area contributed by atoms with Gasteiger partial charge < -0.3 is 16.2 Å². The molecule has 1 unspecified atom stereocenters. The van der Waals surface area contributed by atoms with Gasteiger partial charge in [0.2, 0.25) is 11.8 Å². The van der Waals surface area contributed by atoms with E-state index in [2.05, 4.69) is 10.6 Å². The number of anilines is 1. The minimum Gasteiger partial charge on any atom is -0.505 e. The monoisotopic (exact) mass is 263 g/mol. The zero-order chi connectivity index (χ0) is 14.0. The molecule has 5 N–H and O–H groups in total. The van der Waals surface area contributed by atoms with Gasteiger partial charge in [-0.15, -0.1) is 0 Å². The first-order valence-electron chi connectivity index (χ1n) is 5.71. The second-order valence-electron chi connectivity index (χ2n) is 4.22.